The average Bonchev–Trinajstić information content (AvgIpc) is 3.27. The molecule has 0 amide bonds. The zero-order valence-electron chi connectivity index (χ0n) is 16.9. The van der Waals surface area contributed by atoms with Crippen LogP contribution in [0.15, 0.2) is 54.6 Å². The van der Waals surface area contributed by atoms with Crippen LogP contribution in [-0.2, 0) is 12.0 Å². The van der Waals surface area contributed by atoms with E-state index in [1.54, 1.807) is 6.07 Å². The van der Waals surface area contributed by atoms with Crippen molar-refractivity contribution >= 4 is 0 Å². The van der Waals surface area contributed by atoms with E-state index in [-0.39, 0.29) is 11.7 Å². The largest absolute Gasteiger partial charge is 0.299 e. The second kappa shape index (κ2) is 9.85. The lowest BCUT2D eigenvalue weighted by atomic mass is 9.67. The third kappa shape index (κ3) is 4.62. The van der Waals surface area contributed by atoms with Crippen molar-refractivity contribution in [1.29, 1.82) is 5.26 Å². The molecule has 148 valence electrons. The first-order valence-electron chi connectivity index (χ1n) is 10.6. The Morgan fingerprint density at radius 3 is 2.39 bits per heavy atom. The molecule has 0 saturated heterocycles. The summed E-state index contributed by atoms with van der Waals surface area (Å²) in [5.41, 5.74) is 1.21. The molecule has 1 saturated carbocycles. The molecule has 0 radical (unpaired) electrons. The Balaban J connectivity index is 1.73. The zero-order valence-corrected chi connectivity index (χ0v) is 16.9. The van der Waals surface area contributed by atoms with Crippen molar-refractivity contribution in [1.82, 2.24) is 4.90 Å². The van der Waals surface area contributed by atoms with Gasteiger partial charge >= 0.3 is 0 Å². The van der Waals surface area contributed by atoms with Crippen molar-refractivity contribution in [2.24, 2.45) is 5.92 Å². The van der Waals surface area contributed by atoms with Crippen LogP contribution in [0.25, 0.3) is 0 Å². The van der Waals surface area contributed by atoms with Crippen LogP contribution in [0.1, 0.15) is 56.6 Å². The predicted molar refractivity (Wildman–Crippen MR) is 112 cm³/mol. The van der Waals surface area contributed by atoms with Crippen LogP contribution in [-0.4, -0.2) is 18.0 Å². The van der Waals surface area contributed by atoms with Gasteiger partial charge in [-0.25, -0.2) is 4.39 Å². The normalized spacial score (nSPS) is 16.8. The highest BCUT2D eigenvalue weighted by atomic mass is 19.1. The quantitative estimate of drug-likeness (QED) is 0.529. The van der Waals surface area contributed by atoms with Crippen molar-refractivity contribution in [2.45, 2.75) is 57.4 Å². The van der Waals surface area contributed by atoms with Gasteiger partial charge in [0.1, 0.15) is 5.82 Å². The summed E-state index contributed by atoms with van der Waals surface area (Å²) >= 11 is 0. The molecular formula is C25H31FN2. The van der Waals surface area contributed by atoms with Gasteiger partial charge in [0.25, 0.3) is 0 Å². The molecule has 0 heterocycles. The lowest BCUT2D eigenvalue weighted by Gasteiger charge is -2.34. The molecule has 1 fully saturated rings. The third-order valence-electron chi connectivity index (χ3n) is 6.35. The third-order valence-corrected chi connectivity index (χ3v) is 6.35. The summed E-state index contributed by atoms with van der Waals surface area (Å²) in [7, 11) is 0. The van der Waals surface area contributed by atoms with Crippen LogP contribution in [0.3, 0.4) is 0 Å². The Bertz CT molecular complexity index is 777. The fraction of sp³-hybridized carbons (Fsp3) is 0.480. The van der Waals surface area contributed by atoms with E-state index in [0.29, 0.717) is 5.56 Å². The van der Waals surface area contributed by atoms with Crippen LogP contribution in [0, 0.1) is 23.1 Å². The highest BCUT2D eigenvalue weighted by Gasteiger charge is 2.43. The lowest BCUT2D eigenvalue weighted by Crippen LogP contribution is -2.35. The molecule has 2 nitrogen and oxygen atoms in total. The Kier molecular flexibility index (Phi) is 7.23. The molecular weight excluding hydrogens is 347 g/mol. The minimum atomic E-state index is -0.700. The van der Waals surface area contributed by atoms with Crippen LogP contribution >= 0.6 is 0 Å². The predicted octanol–water partition coefficient (Wildman–Crippen LogP) is 6.08. The number of hydrogen-bond donors (Lipinski definition) is 0. The van der Waals surface area contributed by atoms with Crippen molar-refractivity contribution in [3.05, 3.63) is 71.5 Å². The summed E-state index contributed by atoms with van der Waals surface area (Å²) in [4.78, 5) is 2.41. The van der Waals surface area contributed by atoms with Crippen LogP contribution < -0.4 is 0 Å². The van der Waals surface area contributed by atoms with Gasteiger partial charge in [-0.1, -0.05) is 68.3 Å². The molecule has 1 aliphatic carbocycles. The molecule has 0 aromatic heterocycles. The van der Waals surface area contributed by atoms with Crippen molar-refractivity contribution in [2.75, 3.05) is 13.1 Å². The second-order valence-corrected chi connectivity index (χ2v) is 8.00. The minimum absolute atomic E-state index is 0.229. The first kappa shape index (κ1) is 20.6. The van der Waals surface area contributed by atoms with Crippen LogP contribution in [0.2, 0.25) is 0 Å². The van der Waals surface area contributed by atoms with E-state index >= 15 is 0 Å². The number of rotatable bonds is 9. The maximum Gasteiger partial charge on any atom is 0.128 e. The second-order valence-electron chi connectivity index (χ2n) is 8.00. The number of nitriles is 1. The highest BCUT2D eigenvalue weighted by molar-refractivity contribution is 5.35. The van der Waals surface area contributed by atoms with Gasteiger partial charge in [-0.2, -0.15) is 5.26 Å². The zero-order chi connectivity index (χ0) is 19.8. The van der Waals surface area contributed by atoms with E-state index in [2.05, 4.69) is 42.2 Å². The number of benzene rings is 2. The standard InChI is InChI=1S/C25H31FN2/c1-2-28(19-21-11-4-3-5-12-21)18-10-17-25(20-27,22-13-6-7-14-22)23-15-8-9-16-24(23)26/h3-5,8-9,11-12,15-16,22H,2,6-7,10,13-14,17-19H2,1H3. The highest BCUT2D eigenvalue weighted by Crippen LogP contribution is 2.45. The van der Waals surface area contributed by atoms with Crippen molar-refractivity contribution in [3.63, 3.8) is 0 Å². The monoisotopic (exact) mass is 378 g/mol. The van der Waals surface area contributed by atoms with Gasteiger partial charge in [-0.3, -0.25) is 4.90 Å². The Labute approximate surface area is 169 Å². The summed E-state index contributed by atoms with van der Waals surface area (Å²) in [6.45, 7) is 4.99. The van der Waals surface area contributed by atoms with Gasteiger partial charge in [0.05, 0.1) is 11.5 Å². The number of halogens is 1. The molecule has 28 heavy (non-hydrogen) atoms. The summed E-state index contributed by atoms with van der Waals surface area (Å²) < 4.78 is 14.7. The van der Waals surface area contributed by atoms with E-state index in [0.717, 1.165) is 58.2 Å². The molecule has 1 aliphatic rings. The molecule has 3 heteroatoms. The topological polar surface area (TPSA) is 27.0 Å². The van der Waals surface area contributed by atoms with E-state index in [1.807, 2.05) is 18.2 Å². The SMILES string of the molecule is CCN(CCCC(C#N)(c1ccccc1F)C1CCCC1)Cc1ccccc1. The van der Waals surface area contributed by atoms with Gasteiger partial charge in [-0.05, 0) is 56.3 Å². The first-order valence-corrected chi connectivity index (χ1v) is 10.6. The molecule has 1 unspecified atom stereocenters. The van der Waals surface area contributed by atoms with Gasteiger partial charge in [0.15, 0.2) is 0 Å². The first-order chi connectivity index (χ1) is 13.7. The fourth-order valence-corrected chi connectivity index (χ4v) is 4.78. The summed E-state index contributed by atoms with van der Waals surface area (Å²) in [5, 5.41) is 10.2. The Morgan fingerprint density at radius 2 is 1.75 bits per heavy atom. The van der Waals surface area contributed by atoms with E-state index in [1.165, 1.54) is 11.6 Å². The molecule has 0 spiro atoms. The maximum atomic E-state index is 14.7. The van der Waals surface area contributed by atoms with E-state index in [4.69, 9.17) is 0 Å². The number of hydrogen-bond acceptors (Lipinski definition) is 2. The fourth-order valence-electron chi connectivity index (χ4n) is 4.78. The van der Waals surface area contributed by atoms with Gasteiger partial charge in [0.2, 0.25) is 0 Å². The molecule has 0 N–H and O–H groups in total. The maximum absolute atomic E-state index is 14.7. The molecule has 2 aromatic carbocycles. The average molecular weight is 379 g/mol. The summed E-state index contributed by atoms with van der Waals surface area (Å²) in [6, 6.07) is 20.0. The van der Waals surface area contributed by atoms with E-state index in [9.17, 15) is 9.65 Å². The molecule has 3 rings (SSSR count). The smallest absolute Gasteiger partial charge is 0.128 e. The Morgan fingerprint density at radius 1 is 1.07 bits per heavy atom. The van der Waals surface area contributed by atoms with Crippen LogP contribution in [0.5, 0.6) is 0 Å². The van der Waals surface area contributed by atoms with E-state index < -0.39 is 5.41 Å². The van der Waals surface area contributed by atoms with Crippen LogP contribution in [0.4, 0.5) is 4.39 Å². The lowest BCUT2D eigenvalue weighted by molar-refractivity contribution is 0.245. The molecule has 0 aliphatic heterocycles. The number of nitrogens with zero attached hydrogens (tertiary/aromatic N) is 2. The Hall–Kier alpha value is -2.18. The molecule has 0 bridgehead atoms. The van der Waals surface area contributed by atoms with Gasteiger partial charge in [-0.15, -0.1) is 0 Å². The van der Waals surface area contributed by atoms with Crippen molar-refractivity contribution in [3.8, 4) is 6.07 Å². The summed E-state index contributed by atoms with van der Waals surface area (Å²) in [5.74, 6) is 0.0335. The van der Waals surface area contributed by atoms with Crippen molar-refractivity contribution < 1.29 is 4.39 Å². The molecule has 2 aromatic rings. The van der Waals surface area contributed by atoms with Gasteiger partial charge in [0, 0.05) is 12.1 Å². The minimum Gasteiger partial charge on any atom is -0.299 e. The molecule has 1 atom stereocenters. The van der Waals surface area contributed by atoms with Gasteiger partial charge < -0.3 is 0 Å². The summed E-state index contributed by atoms with van der Waals surface area (Å²) in [6.07, 6.45) is 5.99.